The van der Waals surface area contributed by atoms with Gasteiger partial charge in [-0.2, -0.15) is 26.3 Å². The molecule has 2 aromatic carbocycles. The summed E-state index contributed by atoms with van der Waals surface area (Å²) in [4.78, 5) is 31.1. The molecule has 9 nitrogen and oxygen atoms in total. The number of aromatic nitrogens is 3. The van der Waals surface area contributed by atoms with Gasteiger partial charge in [0.1, 0.15) is 11.6 Å². The second kappa shape index (κ2) is 11.4. The van der Waals surface area contributed by atoms with Crippen LogP contribution < -0.4 is 0 Å². The number of benzene rings is 2. The first-order valence-corrected chi connectivity index (χ1v) is 13.4. The molecule has 1 atom stereocenters. The quantitative estimate of drug-likeness (QED) is 0.420. The van der Waals surface area contributed by atoms with E-state index in [9.17, 15) is 35.9 Å². The second-order valence-electron chi connectivity index (χ2n) is 10.5. The Labute approximate surface area is 236 Å². The lowest BCUT2D eigenvalue weighted by atomic mass is 10.0. The van der Waals surface area contributed by atoms with Gasteiger partial charge in [-0.25, -0.2) is 4.79 Å². The van der Waals surface area contributed by atoms with Crippen LogP contribution in [0, 0.1) is 0 Å². The van der Waals surface area contributed by atoms with Gasteiger partial charge in [-0.15, -0.1) is 5.10 Å². The van der Waals surface area contributed by atoms with E-state index in [2.05, 4.69) is 20.3 Å². The number of hydrogen-bond acceptors (Lipinski definition) is 6. The molecular formula is C27H28F6N6O3. The number of aromatic amines is 1. The number of carbonyl (C=O) groups is 2. The minimum absolute atomic E-state index is 0.0368. The van der Waals surface area contributed by atoms with Gasteiger partial charge < -0.3 is 14.5 Å². The molecule has 2 amide bonds. The van der Waals surface area contributed by atoms with E-state index < -0.39 is 41.2 Å². The smallest absolute Gasteiger partial charge is 0.416 e. The number of halogens is 6. The molecule has 0 aliphatic carbocycles. The third kappa shape index (κ3) is 6.45. The maximum Gasteiger partial charge on any atom is 0.416 e. The zero-order valence-electron chi connectivity index (χ0n) is 22.5. The summed E-state index contributed by atoms with van der Waals surface area (Å²) in [6.45, 7) is 3.99. The average molecular weight is 599 g/mol. The standard InChI is InChI=1S/C27H28F6N6O3/c1-16(18-12-19(26(28,29)30)15-20(13-18)27(31,32)33)42-25(41)39-10-8-37(9-11-39)21-4-6-38(7-5-21)24(40)17-2-3-22-23(14-17)35-36-34-22/h2-3,12-16,21H,4-11H2,1H3,(H,34,35,36)/t16-/m0/s1. The average Bonchev–Trinajstić information content (AvgIpc) is 3.44. The lowest BCUT2D eigenvalue weighted by Crippen LogP contribution is -2.54. The van der Waals surface area contributed by atoms with E-state index in [4.69, 9.17) is 4.74 Å². The molecule has 2 fully saturated rings. The predicted molar refractivity (Wildman–Crippen MR) is 137 cm³/mol. The largest absolute Gasteiger partial charge is 0.442 e. The Morgan fingerprint density at radius 1 is 0.881 bits per heavy atom. The van der Waals surface area contributed by atoms with Crippen molar-refractivity contribution in [3.63, 3.8) is 0 Å². The van der Waals surface area contributed by atoms with Crippen LogP contribution in [0.3, 0.4) is 0 Å². The summed E-state index contributed by atoms with van der Waals surface area (Å²) in [5, 5.41) is 10.4. The van der Waals surface area contributed by atoms with Crippen LogP contribution in [0.1, 0.15) is 52.9 Å². The number of rotatable bonds is 4. The van der Waals surface area contributed by atoms with Crippen molar-refractivity contribution in [1.29, 1.82) is 0 Å². The van der Waals surface area contributed by atoms with Gasteiger partial charge in [-0.1, -0.05) is 5.21 Å². The summed E-state index contributed by atoms with van der Waals surface area (Å²) >= 11 is 0. The van der Waals surface area contributed by atoms with Crippen LogP contribution in [0.2, 0.25) is 0 Å². The van der Waals surface area contributed by atoms with E-state index in [-0.39, 0.29) is 18.0 Å². The highest BCUT2D eigenvalue weighted by Gasteiger charge is 2.38. The van der Waals surface area contributed by atoms with Crippen molar-refractivity contribution in [2.24, 2.45) is 0 Å². The highest BCUT2D eigenvalue weighted by Crippen LogP contribution is 2.38. The molecule has 0 spiro atoms. The summed E-state index contributed by atoms with van der Waals surface area (Å²) in [5.74, 6) is -0.0804. The van der Waals surface area contributed by atoms with Crippen LogP contribution >= 0.6 is 0 Å². The molecular weight excluding hydrogens is 570 g/mol. The number of carbonyl (C=O) groups excluding carboxylic acids is 2. The molecule has 0 radical (unpaired) electrons. The van der Waals surface area contributed by atoms with Crippen LogP contribution in [0.15, 0.2) is 36.4 Å². The van der Waals surface area contributed by atoms with Gasteiger partial charge in [0.05, 0.1) is 16.6 Å². The third-order valence-electron chi connectivity index (χ3n) is 7.77. The molecule has 3 aromatic rings. The Hall–Kier alpha value is -3.88. The van der Waals surface area contributed by atoms with Crippen LogP contribution in [0.25, 0.3) is 11.0 Å². The number of nitrogens with zero attached hydrogens (tertiary/aromatic N) is 5. The molecule has 0 saturated carbocycles. The van der Waals surface area contributed by atoms with Crippen LogP contribution in [-0.4, -0.2) is 87.4 Å². The third-order valence-corrected chi connectivity index (χ3v) is 7.77. The van der Waals surface area contributed by atoms with Crippen molar-refractivity contribution in [3.8, 4) is 0 Å². The molecule has 3 heterocycles. The lowest BCUT2D eigenvalue weighted by molar-refractivity contribution is -0.143. The number of H-pyrrole nitrogens is 1. The molecule has 5 rings (SSSR count). The number of likely N-dealkylation sites (tertiary alicyclic amines) is 1. The molecule has 0 unspecified atom stereocenters. The van der Waals surface area contributed by atoms with E-state index in [1.807, 2.05) is 0 Å². The molecule has 1 aromatic heterocycles. The molecule has 2 aliphatic rings. The molecule has 2 aliphatic heterocycles. The number of ether oxygens (including phenoxy) is 1. The number of hydrogen-bond donors (Lipinski definition) is 1. The molecule has 2 saturated heterocycles. The SMILES string of the molecule is C[C@H](OC(=O)N1CCN(C2CCN(C(=O)c3ccc4[nH]nnc4c3)CC2)CC1)c1cc(C(F)(F)F)cc(C(F)(F)F)c1. The monoisotopic (exact) mass is 598 g/mol. The van der Waals surface area contributed by atoms with E-state index in [1.54, 1.807) is 23.1 Å². The second-order valence-corrected chi connectivity index (χ2v) is 10.5. The lowest BCUT2D eigenvalue weighted by Gasteiger charge is -2.42. The molecule has 1 N–H and O–H groups in total. The zero-order valence-corrected chi connectivity index (χ0v) is 22.5. The maximum atomic E-state index is 13.2. The fourth-order valence-corrected chi connectivity index (χ4v) is 5.37. The topological polar surface area (TPSA) is 94.7 Å². The van der Waals surface area contributed by atoms with Gasteiger partial charge in [0.15, 0.2) is 0 Å². The summed E-state index contributed by atoms with van der Waals surface area (Å²) in [6, 6.07) is 6.57. The minimum atomic E-state index is -4.99. The van der Waals surface area contributed by atoms with Gasteiger partial charge in [0, 0.05) is 50.9 Å². The fourth-order valence-electron chi connectivity index (χ4n) is 5.37. The first-order valence-electron chi connectivity index (χ1n) is 13.4. The summed E-state index contributed by atoms with van der Waals surface area (Å²) in [6.07, 6.45) is -10.6. The zero-order chi connectivity index (χ0) is 30.2. The molecule has 0 bridgehead atoms. The van der Waals surface area contributed by atoms with Gasteiger partial charge in [0.25, 0.3) is 5.91 Å². The van der Waals surface area contributed by atoms with E-state index in [0.717, 1.165) is 18.4 Å². The Balaban J connectivity index is 1.12. The molecule has 42 heavy (non-hydrogen) atoms. The van der Waals surface area contributed by atoms with Crippen molar-refractivity contribution in [2.75, 3.05) is 39.3 Å². The van der Waals surface area contributed by atoms with Gasteiger partial charge in [0.2, 0.25) is 0 Å². The molecule has 15 heteroatoms. The Morgan fingerprint density at radius 3 is 2.10 bits per heavy atom. The summed E-state index contributed by atoms with van der Waals surface area (Å²) in [5.41, 5.74) is -1.43. The number of nitrogens with one attached hydrogen (secondary N) is 1. The number of piperidine rings is 1. The first-order chi connectivity index (χ1) is 19.8. The number of alkyl halides is 6. The van der Waals surface area contributed by atoms with E-state index in [0.29, 0.717) is 62.5 Å². The van der Waals surface area contributed by atoms with Crippen molar-refractivity contribution in [2.45, 2.75) is 44.3 Å². The van der Waals surface area contributed by atoms with Crippen molar-refractivity contribution >= 4 is 23.0 Å². The fraction of sp³-hybridized carbons (Fsp3) is 0.481. The highest BCUT2D eigenvalue weighted by atomic mass is 19.4. The van der Waals surface area contributed by atoms with E-state index in [1.165, 1.54) is 11.8 Å². The maximum absolute atomic E-state index is 13.2. The van der Waals surface area contributed by atoms with Crippen LogP contribution in [0.4, 0.5) is 31.1 Å². The summed E-state index contributed by atoms with van der Waals surface area (Å²) < 4.78 is 84.5. The normalized spacial score (nSPS) is 18.4. The van der Waals surface area contributed by atoms with Gasteiger partial charge in [-0.05, 0) is 61.7 Å². The Bertz CT molecular complexity index is 1410. The van der Waals surface area contributed by atoms with Gasteiger partial charge in [-0.3, -0.25) is 14.8 Å². The first kappa shape index (κ1) is 29.6. The van der Waals surface area contributed by atoms with Gasteiger partial charge >= 0.3 is 18.4 Å². The highest BCUT2D eigenvalue weighted by molar-refractivity contribution is 5.97. The van der Waals surface area contributed by atoms with Crippen molar-refractivity contribution < 1.29 is 40.7 Å². The summed E-state index contributed by atoms with van der Waals surface area (Å²) in [7, 11) is 0. The minimum Gasteiger partial charge on any atom is -0.442 e. The number of fused-ring (bicyclic) bond motifs is 1. The Kier molecular flexibility index (Phi) is 8.05. The number of piperazine rings is 1. The van der Waals surface area contributed by atoms with Crippen molar-refractivity contribution in [3.05, 3.63) is 58.7 Å². The Morgan fingerprint density at radius 2 is 1.50 bits per heavy atom. The molecule has 226 valence electrons. The predicted octanol–water partition coefficient (Wildman–Crippen LogP) is 5.12. The van der Waals surface area contributed by atoms with Crippen molar-refractivity contribution in [1.82, 2.24) is 30.1 Å². The van der Waals surface area contributed by atoms with Crippen LogP contribution in [-0.2, 0) is 17.1 Å². The van der Waals surface area contributed by atoms with E-state index >= 15 is 0 Å². The number of amides is 2. The van der Waals surface area contributed by atoms with Crippen LogP contribution in [0.5, 0.6) is 0 Å².